The predicted molar refractivity (Wildman–Crippen MR) is 133 cm³/mol. The van der Waals surface area contributed by atoms with E-state index in [0.717, 1.165) is 30.5 Å². The van der Waals surface area contributed by atoms with Gasteiger partial charge in [0.15, 0.2) is 11.3 Å². The Bertz CT molecular complexity index is 1420. The summed E-state index contributed by atoms with van der Waals surface area (Å²) < 4.78 is 155. The molecule has 0 bridgehead atoms. The van der Waals surface area contributed by atoms with Crippen LogP contribution in [-0.4, -0.2) is 63.9 Å². The molecule has 0 saturated heterocycles. The number of nitrogens with zero attached hydrogens (tertiary/aromatic N) is 1. The molecular formula is C25H24F9N3O5S. The minimum atomic E-state index is -5.18. The van der Waals surface area contributed by atoms with Gasteiger partial charge in [0, 0.05) is 25.0 Å². The number of halogens is 9. The van der Waals surface area contributed by atoms with Crippen molar-refractivity contribution in [3.05, 3.63) is 59.4 Å². The Morgan fingerprint density at radius 2 is 1.58 bits per heavy atom. The molecule has 18 heteroatoms. The zero-order valence-electron chi connectivity index (χ0n) is 22.1. The van der Waals surface area contributed by atoms with Crippen molar-refractivity contribution in [1.29, 1.82) is 0 Å². The van der Waals surface area contributed by atoms with Crippen LogP contribution in [0.3, 0.4) is 0 Å². The number of methoxy groups -OCH3 is 1. The first-order chi connectivity index (χ1) is 19.8. The Kier molecular flexibility index (Phi) is 9.95. The monoisotopic (exact) mass is 649 g/mol. The molecule has 0 aliphatic carbocycles. The third-order valence-electron chi connectivity index (χ3n) is 6.22. The van der Waals surface area contributed by atoms with Gasteiger partial charge in [0.25, 0.3) is 0 Å². The van der Waals surface area contributed by atoms with E-state index < -0.39 is 88.3 Å². The molecule has 1 aliphatic heterocycles. The summed E-state index contributed by atoms with van der Waals surface area (Å²) in [7, 11) is -3.76. The van der Waals surface area contributed by atoms with Crippen LogP contribution in [0, 0.1) is 0 Å². The highest BCUT2D eigenvalue weighted by molar-refractivity contribution is 7.89. The highest BCUT2D eigenvalue weighted by Crippen LogP contribution is 2.48. The smallest absolute Gasteiger partial charge is 0.416 e. The molecule has 0 radical (unpaired) electrons. The molecule has 8 nitrogen and oxygen atoms in total. The number of carbonyl (C=O) groups excluding carboxylic acids is 1. The van der Waals surface area contributed by atoms with E-state index in [1.165, 1.54) is 19.2 Å². The minimum Gasteiger partial charge on any atom is -0.495 e. The summed E-state index contributed by atoms with van der Waals surface area (Å²) in [5.74, 6) is -3.58. The largest absolute Gasteiger partial charge is 0.495 e. The van der Waals surface area contributed by atoms with Gasteiger partial charge in [-0.2, -0.15) is 39.5 Å². The highest BCUT2D eigenvalue weighted by atomic mass is 32.2. The van der Waals surface area contributed by atoms with Crippen LogP contribution in [0.5, 0.6) is 11.5 Å². The topological polar surface area (TPSA) is 107 Å². The summed E-state index contributed by atoms with van der Waals surface area (Å²) in [6, 6.07) is 6.52. The van der Waals surface area contributed by atoms with E-state index in [-0.39, 0.29) is 23.8 Å². The Morgan fingerprint density at radius 1 is 0.953 bits per heavy atom. The third-order valence-corrected chi connectivity index (χ3v) is 7.51. The van der Waals surface area contributed by atoms with Gasteiger partial charge in [-0.1, -0.05) is 12.1 Å². The van der Waals surface area contributed by atoms with Crippen molar-refractivity contribution in [3.63, 3.8) is 0 Å². The molecule has 3 rings (SSSR count). The number of hydrogen-bond acceptors (Lipinski definition) is 6. The first-order valence-corrected chi connectivity index (χ1v) is 13.9. The van der Waals surface area contributed by atoms with Crippen LogP contribution in [0.2, 0.25) is 0 Å². The zero-order chi connectivity index (χ0) is 32.3. The lowest BCUT2D eigenvalue weighted by Crippen LogP contribution is -2.59. The standard InChI is InChI=1S/C25H24F9N3O5S/c1-41-17-7-8-20(35-12-17)18-11-22(25(32,33)34,15-3-5-16(6-4-15)42-10-2-9-23(26,27)28)37-21(38)19(18)13-36-43(39,40)14-24(29,30)31/h3-8,12,36H,2,9-11,13-14H2,1H3,(H,37,38)/t22-/m0/s1. The minimum absolute atomic E-state index is 0.0438. The van der Waals surface area contributed by atoms with Crippen molar-refractivity contribution in [2.24, 2.45) is 0 Å². The van der Waals surface area contributed by atoms with Crippen molar-refractivity contribution in [2.75, 3.05) is 26.0 Å². The fraction of sp³-hybridized carbons (Fsp3) is 0.440. The van der Waals surface area contributed by atoms with Crippen molar-refractivity contribution in [3.8, 4) is 11.5 Å². The van der Waals surface area contributed by atoms with Gasteiger partial charge in [0.05, 0.1) is 25.6 Å². The maximum Gasteiger partial charge on any atom is 0.416 e. The summed E-state index contributed by atoms with van der Waals surface area (Å²) in [6.07, 6.45) is -16.2. The van der Waals surface area contributed by atoms with Crippen LogP contribution in [-0.2, 0) is 20.4 Å². The predicted octanol–water partition coefficient (Wildman–Crippen LogP) is 5.02. The summed E-state index contributed by atoms with van der Waals surface area (Å²) in [5.41, 5.74) is -4.86. The van der Waals surface area contributed by atoms with E-state index >= 15 is 0 Å². The number of benzene rings is 1. The number of nitrogens with one attached hydrogen (secondary N) is 2. The molecule has 1 aromatic carbocycles. The SMILES string of the molecule is COc1ccc(C2=C(CNS(=O)(=O)CC(F)(F)F)C(=O)N[C@@](c3ccc(OCCCC(F)(F)F)cc3)(C(F)(F)F)C2)nc1. The van der Waals surface area contributed by atoms with Crippen LogP contribution >= 0.6 is 0 Å². The molecular weight excluding hydrogens is 625 g/mol. The Labute approximate surface area is 239 Å². The van der Waals surface area contributed by atoms with E-state index in [1.54, 1.807) is 4.72 Å². The van der Waals surface area contributed by atoms with Gasteiger partial charge in [-0.3, -0.25) is 9.78 Å². The zero-order valence-corrected chi connectivity index (χ0v) is 22.9. The molecule has 1 amide bonds. The van der Waals surface area contributed by atoms with Crippen LogP contribution in [0.4, 0.5) is 39.5 Å². The second kappa shape index (κ2) is 12.6. The lowest BCUT2D eigenvalue weighted by atomic mass is 9.77. The number of amides is 1. The average molecular weight is 650 g/mol. The first-order valence-electron chi connectivity index (χ1n) is 12.2. The highest BCUT2D eigenvalue weighted by Gasteiger charge is 2.59. The summed E-state index contributed by atoms with van der Waals surface area (Å²) in [4.78, 5) is 17.2. The third kappa shape index (κ3) is 8.98. The fourth-order valence-corrected chi connectivity index (χ4v) is 5.09. The van der Waals surface area contributed by atoms with Gasteiger partial charge in [-0.25, -0.2) is 13.1 Å². The molecule has 238 valence electrons. The maximum absolute atomic E-state index is 14.8. The maximum atomic E-state index is 14.8. The lowest BCUT2D eigenvalue weighted by Gasteiger charge is -2.41. The normalized spacial score (nSPS) is 18.4. The Hall–Kier alpha value is -3.54. The molecule has 0 fully saturated rings. The van der Waals surface area contributed by atoms with E-state index in [9.17, 15) is 52.7 Å². The van der Waals surface area contributed by atoms with Gasteiger partial charge in [-0.05, 0) is 41.8 Å². The van der Waals surface area contributed by atoms with Crippen molar-refractivity contribution >= 4 is 21.5 Å². The molecule has 1 aromatic heterocycles. The van der Waals surface area contributed by atoms with E-state index in [1.807, 2.05) is 5.32 Å². The lowest BCUT2D eigenvalue weighted by molar-refractivity contribution is -0.201. The van der Waals surface area contributed by atoms with Crippen LogP contribution in [0.25, 0.3) is 5.57 Å². The molecule has 2 N–H and O–H groups in total. The fourth-order valence-electron chi connectivity index (χ4n) is 4.19. The van der Waals surface area contributed by atoms with Crippen molar-refractivity contribution in [1.82, 2.24) is 15.0 Å². The molecule has 0 spiro atoms. The molecule has 2 aromatic rings. The number of carbonyl (C=O) groups is 1. The number of sulfonamides is 1. The molecule has 1 atom stereocenters. The van der Waals surface area contributed by atoms with Crippen LogP contribution < -0.4 is 19.5 Å². The summed E-state index contributed by atoms with van der Waals surface area (Å²) >= 11 is 0. The van der Waals surface area contributed by atoms with E-state index in [2.05, 4.69) is 4.98 Å². The molecule has 0 saturated carbocycles. The van der Waals surface area contributed by atoms with Crippen LogP contribution in [0.15, 0.2) is 48.2 Å². The van der Waals surface area contributed by atoms with Gasteiger partial charge in [0.1, 0.15) is 11.5 Å². The molecule has 0 unspecified atom stereocenters. The number of hydrogen-bond donors (Lipinski definition) is 2. The molecule has 2 heterocycles. The van der Waals surface area contributed by atoms with Gasteiger partial charge >= 0.3 is 18.5 Å². The van der Waals surface area contributed by atoms with Crippen molar-refractivity contribution < 1.29 is 62.2 Å². The number of rotatable bonds is 11. The Balaban J connectivity index is 2.01. The van der Waals surface area contributed by atoms with Gasteiger partial charge < -0.3 is 14.8 Å². The first kappa shape index (κ1) is 34.0. The van der Waals surface area contributed by atoms with Crippen LogP contribution in [0.1, 0.15) is 30.5 Å². The number of ether oxygens (including phenoxy) is 2. The second-order valence-corrected chi connectivity index (χ2v) is 11.2. The van der Waals surface area contributed by atoms with Gasteiger partial charge in [-0.15, -0.1) is 0 Å². The van der Waals surface area contributed by atoms with Crippen molar-refractivity contribution in [2.45, 2.75) is 43.3 Å². The Morgan fingerprint density at radius 3 is 2.09 bits per heavy atom. The van der Waals surface area contributed by atoms with E-state index in [0.29, 0.717) is 0 Å². The number of pyridine rings is 1. The average Bonchev–Trinajstić information content (AvgIpc) is 2.88. The molecule has 1 aliphatic rings. The summed E-state index contributed by atoms with van der Waals surface area (Å²) in [5, 5.41) is 1.83. The molecule has 43 heavy (non-hydrogen) atoms. The number of alkyl halides is 9. The quantitative estimate of drug-likeness (QED) is 0.262. The second-order valence-electron chi connectivity index (χ2n) is 9.36. The van der Waals surface area contributed by atoms with Gasteiger partial charge in [0.2, 0.25) is 15.9 Å². The van der Waals surface area contributed by atoms with E-state index in [4.69, 9.17) is 9.47 Å². The summed E-state index contributed by atoms with van der Waals surface area (Å²) in [6.45, 7) is -1.45. The number of aromatic nitrogens is 1.